The van der Waals surface area contributed by atoms with Gasteiger partial charge in [-0.15, -0.1) is 0 Å². The topological polar surface area (TPSA) is 87.7 Å². The van der Waals surface area contributed by atoms with Gasteiger partial charge in [0.05, 0.1) is 0 Å². The van der Waals surface area contributed by atoms with Gasteiger partial charge in [0.25, 0.3) is 0 Å². The Morgan fingerprint density at radius 1 is 0.900 bits per heavy atom. The summed E-state index contributed by atoms with van der Waals surface area (Å²) in [6.07, 6.45) is 2.21. The van der Waals surface area contributed by atoms with Gasteiger partial charge < -0.3 is 20.3 Å². The molecule has 0 fully saturated rings. The van der Waals surface area contributed by atoms with Crippen molar-refractivity contribution >= 4 is 17.9 Å². The Morgan fingerprint density at radius 2 is 1.55 bits per heavy atom. The van der Waals surface area contributed by atoms with E-state index in [-0.39, 0.29) is 18.2 Å². The van der Waals surface area contributed by atoms with Gasteiger partial charge in [-0.1, -0.05) is 68.3 Å². The molecule has 2 aromatic rings. The maximum absolute atomic E-state index is 14.5. The summed E-state index contributed by atoms with van der Waals surface area (Å²) in [4.78, 5) is 42.9. The van der Waals surface area contributed by atoms with Crippen LogP contribution in [-0.4, -0.2) is 46.5 Å². The van der Waals surface area contributed by atoms with Crippen LogP contribution in [0, 0.1) is 13.8 Å². The lowest BCUT2D eigenvalue weighted by atomic mass is 9.96. The summed E-state index contributed by atoms with van der Waals surface area (Å²) in [6.45, 7) is 17.6. The molecule has 40 heavy (non-hydrogen) atoms. The third-order valence-electron chi connectivity index (χ3n) is 6.46. The number of unbranched alkanes of at least 4 members (excludes halogenated alkanes) is 2. The summed E-state index contributed by atoms with van der Waals surface area (Å²) in [5.74, 6) is -0.575. The van der Waals surface area contributed by atoms with E-state index in [9.17, 15) is 14.4 Å². The predicted molar refractivity (Wildman–Crippen MR) is 161 cm³/mol. The molecule has 2 rings (SSSR count). The van der Waals surface area contributed by atoms with E-state index < -0.39 is 29.3 Å². The standard InChI is InChI=1S/C33H49N3O4/c1-10-11-15-20-36(28(29(37)35-32(4,5)6)26-19-18-23(2)24(3)21-26)30(38)27(22-25-16-13-12-14-17-25)34-31(39)40-33(7,8)9/h12-14,16-19,21,27-28H,10-11,15,20,22H2,1-9H3,(H,34,39)(H,35,37). The van der Waals surface area contributed by atoms with E-state index in [2.05, 4.69) is 17.6 Å². The van der Waals surface area contributed by atoms with Crippen LogP contribution in [0.25, 0.3) is 0 Å². The Kier molecular flexibility index (Phi) is 11.8. The molecule has 2 atom stereocenters. The van der Waals surface area contributed by atoms with E-state index in [1.807, 2.05) is 83.1 Å². The molecule has 0 aliphatic carbocycles. The highest BCUT2D eigenvalue weighted by Crippen LogP contribution is 2.27. The average Bonchev–Trinajstić information content (AvgIpc) is 2.83. The molecule has 0 spiro atoms. The average molecular weight is 552 g/mol. The van der Waals surface area contributed by atoms with Crippen molar-refractivity contribution in [2.45, 2.75) is 111 Å². The molecule has 2 aromatic carbocycles. The van der Waals surface area contributed by atoms with E-state index in [0.717, 1.165) is 41.5 Å². The number of aryl methyl sites for hydroxylation is 2. The van der Waals surface area contributed by atoms with Crippen molar-refractivity contribution < 1.29 is 19.1 Å². The Balaban J connectivity index is 2.60. The van der Waals surface area contributed by atoms with Crippen molar-refractivity contribution in [3.8, 4) is 0 Å². The van der Waals surface area contributed by atoms with Gasteiger partial charge in [-0.25, -0.2) is 4.79 Å². The quantitative estimate of drug-likeness (QED) is 0.316. The van der Waals surface area contributed by atoms with Gasteiger partial charge in [0.15, 0.2) is 0 Å². The third-order valence-corrected chi connectivity index (χ3v) is 6.46. The van der Waals surface area contributed by atoms with E-state index in [1.54, 1.807) is 25.7 Å². The normalized spacial score (nSPS) is 13.2. The lowest BCUT2D eigenvalue weighted by Gasteiger charge is -2.36. The summed E-state index contributed by atoms with van der Waals surface area (Å²) < 4.78 is 5.52. The molecule has 2 N–H and O–H groups in total. The van der Waals surface area contributed by atoms with E-state index in [1.165, 1.54) is 0 Å². The number of ether oxygens (including phenoxy) is 1. The minimum Gasteiger partial charge on any atom is -0.444 e. The molecule has 0 aliphatic rings. The molecule has 0 heterocycles. The number of carbonyl (C=O) groups excluding carboxylic acids is 3. The van der Waals surface area contributed by atoms with Gasteiger partial charge in [-0.2, -0.15) is 0 Å². The number of rotatable bonds is 11. The summed E-state index contributed by atoms with van der Waals surface area (Å²) in [5, 5.41) is 5.92. The monoisotopic (exact) mass is 551 g/mol. The van der Waals surface area contributed by atoms with Gasteiger partial charge in [0.1, 0.15) is 17.7 Å². The van der Waals surface area contributed by atoms with Crippen molar-refractivity contribution in [1.82, 2.24) is 15.5 Å². The second-order valence-corrected chi connectivity index (χ2v) is 12.6. The minimum atomic E-state index is -0.921. The summed E-state index contributed by atoms with van der Waals surface area (Å²) in [6, 6.07) is 13.7. The van der Waals surface area contributed by atoms with Gasteiger partial charge in [-0.3, -0.25) is 9.59 Å². The Hall–Kier alpha value is -3.35. The molecule has 0 bridgehead atoms. The van der Waals surface area contributed by atoms with E-state index in [0.29, 0.717) is 6.54 Å². The fourth-order valence-electron chi connectivity index (χ4n) is 4.44. The highest BCUT2D eigenvalue weighted by Gasteiger charge is 2.37. The Morgan fingerprint density at radius 3 is 2.10 bits per heavy atom. The molecule has 0 radical (unpaired) electrons. The molecule has 0 aliphatic heterocycles. The first-order valence-electron chi connectivity index (χ1n) is 14.3. The molecule has 7 nitrogen and oxygen atoms in total. The highest BCUT2D eigenvalue weighted by atomic mass is 16.6. The largest absolute Gasteiger partial charge is 0.444 e. The molecule has 3 amide bonds. The predicted octanol–water partition coefficient (Wildman–Crippen LogP) is 6.41. The van der Waals surface area contributed by atoms with Crippen molar-refractivity contribution in [2.24, 2.45) is 0 Å². The van der Waals surface area contributed by atoms with Crippen LogP contribution in [0.3, 0.4) is 0 Å². The lowest BCUT2D eigenvalue weighted by Crippen LogP contribution is -2.55. The number of hydrogen-bond donors (Lipinski definition) is 2. The van der Waals surface area contributed by atoms with Gasteiger partial charge in [-0.05, 0) is 84.1 Å². The van der Waals surface area contributed by atoms with Crippen LogP contribution in [0.5, 0.6) is 0 Å². The second-order valence-electron chi connectivity index (χ2n) is 12.6. The van der Waals surface area contributed by atoms with Crippen molar-refractivity contribution in [3.05, 3.63) is 70.8 Å². The maximum Gasteiger partial charge on any atom is 0.408 e. The SMILES string of the molecule is CCCCCN(C(=O)C(Cc1ccccc1)NC(=O)OC(C)(C)C)C(C(=O)NC(C)(C)C)c1ccc(C)c(C)c1. The van der Waals surface area contributed by atoms with Crippen LogP contribution in [-0.2, 0) is 20.7 Å². The van der Waals surface area contributed by atoms with Crippen LogP contribution >= 0.6 is 0 Å². The molecule has 2 unspecified atom stereocenters. The fraction of sp³-hybridized carbons (Fsp3) is 0.545. The molecule has 0 saturated carbocycles. The smallest absolute Gasteiger partial charge is 0.408 e. The van der Waals surface area contributed by atoms with Gasteiger partial charge >= 0.3 is 6.09 Å². The van der Waals surface area contributed by atoms with Crippen molar-refractivity contribution in [2.75, 3.05) is 6.54 Å². The zero-order chi connectivity index (χ0) is 30.1. The minimum absolute atomic E-state index is 0.253. The number of carbonyl (C=O) groups is 3. The van der Waals surface area contributed by atoms with Crippen LogP contribution < -0.4 is 10.6 Å². The summed E-state index contributed by atoms with van der Waals surface area (Å²) in [7, 11) is 0. The first kappa shape index (κ1) is 32.9. The zero-order valence-electron chi connectivity index (χ0n) is 25.9. The van der Waals surface area contributed by atoms with Crippen LogP contribution in [0.15, 0.2) is 48.5 Å². The number of hydrogen-bond acceptors (Lipinski definition) is 4. The Labute approximate surface area is 241 Å². The molecule has 220 valence electrons. The molecule has 0 aromatic heterocycles. The molecule has 0 saturated heterocycles. The Bertz CT molecular complexity index is 1130. The number of nitrogens with zero attached hydrogens (tertiary/aromatic N) is 1. The maximum atomic E-state index is 14.5. The van der Waals surface area contributed by atoms with Crippen molar-refractivity contribution in [3.63, 3.8) is 0 Å². The summed E-state index contributed by atoms with van der Waals surface area (Å²) in [5.41, 5.74) is 2.57. The number of amides is 3. The molecule has 7 heteroatoms. The number of benzene rings is 2. The number of nitrogens with one attached hydrogen (secondary N) is 2. The highest BCUT2D eigenvalue weighted by molar-refractivity contribution is 5.92. The molecular weight excluding hydrogens is 502 g/mol. The van der Waals surface area contributed by atoms with Crippen LogP contribution in [0.2, 0.25) is 0 Å². The lowest BCUT2D eigenvalue weighted by molar-refractivity contribution is -0.143. The van der Waals surface area contributed by atoms with Crippen molar-refractivity contribution in [1.29, 1.82) is 0 Å². The van der Waals surface area contributed by atoms with Crippen LogP contribution in [0.4, 0.5) is 4.79 Å². The third kappa shape index (κ3) is 10.7. The zero-order valence-corrected chi connectivity index (χ0v) is 25.9. The van der Waals surface area contributed by atoms with E-state index >= 15 is 0 Å². The second kappa shape index (κ2) is 14.3. The van der Waals surface area contributed by atoms with Crippen LogP contribution in [0.1, 0.15) is 96.0 Å². The first-order valence-corrected chi connectivity index (χ1v) is 14.3. The first-order chi connectivity index (χ1) is 18.6. The number of alkyl carbamates (subject to hydrolysis) is 1. The van der Waals surface area contributed by atoms with E-state index in [4.69, 9.17) is 4.74 Å². The van der Waals surface area contributed by atoms with Gasteiger partial charge in [0, 0.05) is 18.5 Å². The molecular formula is C33H49N3O4. The van der Waals surface area contributed by atoms with Gasteiger partial charge in [0.2, 0.25) is 11.8 Å². The summed E-state index contributed by atoms with van der Waals surface area (Å²) >= 11 is 0. The fourth-order valence-corrected chi connectivity index (χ4v) is 4.44.